The average molecular weight is 278 g/mol. The molecule has 5 heteroatoms. The first-order chi connectivity index (χ1) is 9.65. The van der Waals surface area contributed by atoms with Crippen molar-refractivity contribution in [2.45, 2.75) is 19.3 Å². The Morgan fingerprint density at radius 2 is 2.35 bits per heavy atom. The molecule has 0 aromatic heterocycles. The van der Waals surface area contributed by atoms with Crippen LogP contribution in [-0.4, -0.2) is 42.7 Å². The Kier molecular flexibility index (Phi) is 4.84. The molecule has 1 fully saturated rings. The number of nitrogens with zero attached hydrogens (tertiary/aromatic N) is 1. The minimum Gasteiger partial charge on any atom is -0.504 e. The van der Waals surface area contributed by atoms with Crippen LogP contribution >= 0.6 is 0 Å². The van der Waals surface area contributed by atoms with Gasteiger partial charge in [-0.2, -0.15) is 0 Å². The van der Waals surface area contributed by atoms with E-state index < -0.39 is 0 Å². The Balaban J connectivity index is 2.08. The zero-order chi connectivity index (χ0) is 14.5. The van der Waals surface area contributed by atoms with Crippen LogP contribution in [-0.2, 0) is 0 Å². The van der Waals surface area contributed by atoms with E-state index in [1.54, 1.807) is 12.1 Å². The molecule has 1 saturated heterocycles. The monoisotopic (exact) mass is 278 g/mol. The quantitative estimate of drug-likeness (QED) is 0.877. The van der Waals surface area contributed by atoms with Crippen LogP contribution in [0.1, 0.15) is 29.6 Å². The number of ether oxygens (including phenoxy) is 1. The first kappa shape index (κ1) is 14.7. The van der Waals surface area contributed by atoms with E-state index in [4.69, 9.17) is 10.5 Å². The third kappa shape index (κ3) is 3.22. The molecule has 5 nitrogen and oxygen atoms in total. The number of carbonyl (C=O) groups excluding carboxylic acids is 1. The Hall–Kier alpha value is -1.75. The van der Waals surface area contributed by atoms with Crippen molar-refractivity contribution in [3.05, 3.63) is 23.8 Å². The van der Waals surface area contributed by atoms with Crippen LogP contribution in [0.2, 0.25) is 0 Å². The van der Waals surface area contributed by atoms with E-state index >= 15 is 0 Å². The lowest BCUT2D eigenvalue weighted by Gasteiger charge is -2.32. The molecule has 0 radical (unpaired) electrons. The second-order valence-corrected chi connectivity index (χ2v) is 5.22. The number of carbonyl (C=O) groups is 1. The van der Waals surface area contributed by atoms with Crippen molar-refractivity contribution in [3.8, 4) is 11.5 Å². The number of amides is 1. The van der Waals surface area contributed by atoms with Gasteiger partial charge in [0, 0.05) is 18.7 Å². The molecule has 110 valence electrons. The largest absolute Gasteiger partial charge is 0.504 e. The maximum atomic E-state index is 12.4. The molecule has 1 aromatic rings. The van der Waals surface area contributed by atoms with E-state index in [1.165, 1.54) is 13.2 Å². The van der Waals surface area contributed by atoms with Crippen LogP contribution in [0, 0.1) is 5.92 Å². The fraction of sp³-hybridized carbons (Fsp3) is 0.533. The minimum absolute atomic E-state index is 0.00568. The zero-order valence-electron chi connectivity index (χ0n) is 11.8. The molecule has 3 N–H and O–H groups in total. The van der Waals surface area contributed by atoms with Gasteiger partial charge in [-0.15, -0.1) is 0 Å². The van der Waals surface area contributed by atoms with E-state index in [0.717, 1.165) is 32.4 Å². The molecule has 20 heavy (non-hydrogen) atoms. The molecule has 1 amide bonds. The van der Waals surface area contributed by atoms with E-state index in [0.29, 0.717) is 23.8 Å². The Bertz CT molecular complexity index is 474. The van der Waals surface area contributed by atoms with Crippen molar-refractivity contribution in [1.29, 1.82) is 0 Å². The molecule has 1 unspecified atom stereocenters. The van der Waals surface area contributed by atoms with Crippen LogP contribution < -0.4 is 10.5 Å². The van der Waals surface area contributed by atoms with Crippen molar-refractivity contribution in [2.24, 2.45) is 11.7 Å². The summed E-state index contributed by atoms with van der Waals surface area (Å²) in [5, 5.41) is 9.76. The van der Waals surface area contributed by atoms with E-state index in [9.17, 15) is 9.90 Å². The van der Waals surface area contributed by atoms with Crippen molar-refractivity contribution >= 4 is 5.91 Å². The van der Waals surface area contributed by atoms with Crippen LogP contribution in [0.15, 0.2) is 18.2 Å². The lowest BCUT2D eigenvalue weighted by atomic mass is 9.94. The summed E-state index contributed by atoms with van der Waals surface area (Å²) in [4.78, 5) is 14.3. The lowest BCUT2D eigenvalue weighted by Crippen LogP contribution is -2.40. The maximum Gasteiger partial charge on any atom is 0.254 e. The van der Waals surface area contributed by atoms with Gasteiger partial charge in [-0.3, -0.25) is 4.79 Å². The van der Waals surface area contributed by atoms with Crippen molar-refractivity contribution in [1.82, 2.24) is 4.90 Å². The van der Waals surface area contributed by atoms with Gasteiger partial charge in [-0.1, -0.05) is 0 Å². The molecule has 0 saturated carbocycles. The first-order valence-corrected chi connectivity index (χ1v) is 7.02. The van der Waals surface area contributed by atoms with Gasteiger partial charge in [0.25, 0.3) is 5.91 Å². The third-order valence-corrected chi connectivity index (χ3v) is 3.81. The number of benzene rings is 1. The smallest absolute Gasteiger partial charge is 0.254 e. The number of aromatic hydroxyl groups is 1. The van der Waals surface area contributed by atoms with Crippen LogP contribution in [0.3, 0.4) is 0 Å². The summed E-state index contributed by atoms with van der Waals surface area (Å²) in [6.07, 6.45) is 3.10. The Morgan fingerprint density at radius 3 is 3.00 bits per heavy atom. The number of hydrogen-bond donors (Lipinski definition) is 2. The first-order valence-electron chi connectivity index (χ1n) is 7.02. The number of phenolic OH excluding ortho intramolecular Hbond substituents is 1. The standard InChI is InChI=1S/C15H22N2O3/c1-20-14-5-4-12(9-13(14)18)15(19)17-8-2-3-11(10-17)6-7-16/h4-5,9,11,18H,2-3,6-8,10,16H2,1H3. The van der Waals surface area contributed by atoms with E-state index in [-0.39, 0.29) is 11.7 Å². The highest BCUT2D eigenvalue weighted by molar-refractivity contribution is 5.95. The molecular formula is C15H22N2O3. The summed E-state index contributed by atoms with van der Waals surface area (Å²) in [5.74, 6) is 0.823. The molecule has 1 aliphatic heterocycles. The maximum absolute atomic E-state index is 12.4. The predicted octanol–water partition coefficient (Wildman–Crippen LogP) is 1.60. The SMILES string of the molecule is COc1ccc(C(=O)N2CCCC(CCN)C2)cc1O. The highest BCUT2D eigenvalue weighted by Crippen LogP contribution is 2.28. The number of rotatable bonds is 4. The van der Waals surface area contributed by atoms with E-state index in [1.807, 2.05) is 4.90 Å². The Labute approximate surface area is 119 Å². The fourth-order valence-corrected chi connectivity index (χ4v) is 2.73. The summed E-state index contributed by atoms with van der Waals surface area (Å²) < 4.78 is 4.99. The number of methoxy groups -OCH3 is 1. The Morgan fingerprint density at radius 1 is 1.55 bits per heavy atom. The molecule has 2 rings (SSSR count). The number of hydrogen-bond acceptors (Lipinski definition) is 4. The topological polar surface area (TPSA) is 75.8 Å². The van der Waals surface area contributed by atoms with E-state index in [2.05, 4.69) is 0 Å². The summed E-state index contributed by atoms with van der Waals surface area (Å²) in [5.41, 5.74) is 6.09. The summed E-state index contributed by atoms with van der Waals surface area (Å²) in [6.45, 7) is 2.19. The lowest BCUT2D eigenvalue weighted by molar-refractivity contribution is 0.0669. The van der Waals surface area contributed by atoms with Gasteiger partial charge in [-0.05, 0) is 49.9 Å². The zero-order valence-corrected chi connectivity index (χ0v) is 11.8. The van der Waals surface area contributed by atoms with Crippen LogP contribution in [0.4, 0.5) is 0 Å². The summed E-state index contributed by atoms with van der Waals surface area (Å²) in [6, 6.07) is 4.77. The van der Waals surface area contributed by atoms with Gasteiger partial charge in [0.2, 0.25) is 0 Å². The van der Waals surface area contributed by atoms with Gasteiger partial charge in [0.05, 0.1) is 7.11 Å². The molecule has 0 aliphatic carbocycles. The molecule has 1 aliphatic rings. The third-order valence-electron chi connectivity index (χ3n) is 3.81. The second-order valence-electron chi connectivity index (χ2n) is 5.22. The van der Waals surface area contributed by atoms with Crippen LogP contribution in [0.5, 0.6) is 11.5 Å². The van der Waals surface area contributed by atoms with Crippen molar-refractivity contribution in [3.63, 3.8) is 0 Å². The van der Waals surface area contributed by atoms with Crippen molar-refractivity contribution in [2.75, 3.05) is 26.7 Å². The van der Waals surface area contributed by atoms with Gasteiger partial charge in [0.1, 0.15) is 0 Å². The summed E-state index contributed by atoms with van der Waals surface area (Å²) in [7, 11) is 1.48. The van der Waals surface area contributed by atoms with Crippen molar-refractivity contribution < 1.29 is 14.6 Å². The molecule has 1 aromatic carbocycles. The highest BCUT2D eigenvalue weighted by atomic mass is 16.5. The van der Waals surface area contributed by atoms with Gasteiger partial charge >= 0.3 is 0 Å². The molecule has 0 spiro atoms. The van der Waals surface area contributed by atoms with Gasteiger partial charge in [-0.25, -0.2) is 0 Å². The fourth-order valence-electron chi connectivity index (χ4n) is 2.73. The molecule has 1 heterocycles. The number of phenols is 1. The number of likely N-dealkylation sites (tertiary alicyclic amines) is 1. The van der Waals surface area contributed by atoms with Gasteiger partial charge in [0.15, 0.2) is 11.5 Å². The average Bonchev–Trinajstić information content (AvgIpc) is 2.47. The highest BCUT2D eigenvalue weighted by Gasteiger charge is 2.24. The normalized spacial score (nSPS) is 18.9. The number of piperidine rings is 1. The summed E-state index contributed by atoms with van der Waals surface area (Å²) >= 11 is 0. The predicted molar refractivity (Wildman–Crippen MR) is 77.0 cm³/mol. The molecule has 0 bridgehead atoms. The molecular weight excluding hydrogens is 256 g/mol. The number of nitrogens with two attached hydrogens (primary N) is 1. The van der Waals surface area contributed by atoms with Crippen LogP contribution in [0.25, 0.3) is 0 Å². The minimum atomic E-state index is -0.0373. The second kappa shape index (κ2) is 6.61. The van der Waals surface area contributed by atoms with Gasteiger partial charge < -0.3 is 20.5 Å². The molecule has 1 atom stereocenters.